The van der Waals surface area contributed by atoms with Gasteiger partial charge in [0.1, 0.15) is 11.4 Å². The molecule has 1 aliphatic rings. The van der Waals surface area contributed by atoms with Crippen molar-refractivity contribution < 1.29 is 13.6 Å². The smallest absolute Gasteiger partial charge is 0.177 e. The number of rotatable bonds is 2. The second kappa shape index (κ2) is 5.47. The fourth-order valence-electron chi connectivity index (χ4n) is 1.89. The van der Waals surface area contributed by atoms with Crippen LogP contribution in [0.15, 0.2) is 18.5 Å². The van der Waals surface area contributed by atoms with Crippen LogP contribution in [0.25, 0.3) is 11.0 Å². The predicted molar refractivity (Wildman–Crippen MR) is 68.7 cm³/mol. The molecule has 0 aromatic carbocycles. The van der Waals surface area contributed by atoms with Crippen LogP contribution in [0.1, 0.15) is 26.2 Å². The fourth-order valence-corrected chi connectivity index (χ4v) is 1.89. The number of halogens is 2. The molecule has 0 saturated heterocycles. The molecular weight excluding hydrogens is 250 g/mol. The van der Waals surface area contributed by atoms with Gasteiger partial charge in [-0.2, -0.15) is 0 Å². The van der Waals surface area contributed by atoms with Gasteiger partial charge in [0.25, 0.3) is 0 Å². The summed E-state index contributed by atoms with van der Waals surface area (Å²) in [5.41, 5.74) is 0.453. The normalized spacial score (nSPS) is 14.1. The molecule has 0 atom stereocenters. The molecule has 2 heterocycles. The van der Waals surface area contributed by atoms with Gasteiger partial charge in [-0.1, -0.05) is 0 Å². The second-order valence-corrected chi connectivity index (χ2v) is 4.93. The van der Waals surface area contributed by atoms with Crippen LogP contribution < -0.4 is 0 Å². The first kappa shape index (κ1) is 13.6. The SMILES string of the molecule is CC(=O)CC1CC1.Cn1ccc2c(F)c(F)cnc21. The molecule has 102 valence electrons. The van der Waals surface area contributed by atoms with Gasteiger partial charge >= 0.3 is 0 Å². The van der Waals surface area contributed by atoms with Crippen LogP contribution in [0.2, 0.25) is 0 Å². The molecule has 2 aromatic heterocycles. The molecule has 5 heteroatoms. The van der Waals surface area contributed by atoms with E-state index >= 15 is 0 Å². The molecule has 0 spiro atoms. The molecule has 3 rings (SSSR count). The minimum atomic E-state index is -0.909. The van der Waals surface area contributed by atoms with Gasteiger partial charge in [0.2, 0.25) is 0 Å². The quantitative estimate of drug-likeness (QED) is 0.836. The number of aromatic nitrogens is 2. The maximum absolute atomic E-state index is 13.0. The van der Waals surface area contributed by atoms with Crippen molar-refractivity contribution in [3.8, 4) is 0 Å². The molecule has 0 unspecified atom stereocenters. The Morgan fingerprint density at radius 3 is 2.68 bits per heavy atom. The lowest BCUT2D eigenvalue weighted by Crippen LogP contribution is -1.91. The van der Waals surface area contributed by atoms with Crippen LogP contribution in [0.4, 0.5) is 8.78 Å². The average Bonchev–Trinajstić information content (AvgIpc) is 3.06. The lowest BCUT2D eigenvalue weighted by atomic mass is 10.2. The van der Waals surface area contributed by atoms with Crippen molar-refractivity contribution in [2.75, 3.05) is 0 Å². The number of aryl methyl sites for hydroxylation is 1. The van der Waals surface area contributed by atoms with Crippen molar-refractivity contribution in [3.05, 3.63) is 30.1 Å². The van der Waals surface area contributed by atoms with Gasteiger partial charge < -0.3 is 9.36 Å². The van der Waals surface area contributed by atoms with Crippen molar-refractivity contribution in [1.29, 1.82) is 0 Å². The Morgan fingerprint density at radius 1 is 1.47 bits per heavy atom. The summed E-state index contributed by atoms with van der Waals surface area (Å²) in [7, 11) is 1.73. The van der Waals surface area contributed by atoms with Crippen LogP contribution in [0.3, 0.4) is 0 Å². The number of nitrogens with zero attached hydrogens (tertiary/aromatic N) is 2. The third-order valence-corrected chi connectivity index (χ3v) is 3.06. The van der Waals surface area contributed by atoms with E-state index in [0.717, 1.165) is 18.5 Å². The van der Waals surface area contributed by atoms with Crippen molar-refractivity contribution in [3.63, 3.8) is 0 Å². The van der Waals surface area contributed by atoms with E-state index in [4.69, 9.17) is 0 Å². The minimum absolute atomic E-state index is 0.220. The zero-order chi connectivity index (χ0) is 14.0. The highest BCUT2D eigenvalue weighted by atomic mass is 19.2. The lowest BCUT2D eigenvalue weighted by Gasteiger charge is -1.95. The van der Waals surface area contributed by atoms with E-state index in [-0.39, 0.29) is 5.39 Å². The van der Waals surface area contributed by atoms with Crippen molar-refractivity contribution >= 4 is 16.8 Å². The molecule has 1 saturated carbocycles. The number of hydrogen-bond donors (Lipinski definition) is 0. The molecule has 1 aliphatic carbocycles. The molecule has 2 aromatic rings. The number of ketones is 1. The number of hydrogen-bond acceptors (Lipinski definition) is 2. The van der Waals surface area contributed by atoms with Gasteiger partial charge in [-0.15, -0.1) is 0 Å². The number of Topliss-reactive ketones (excluding diaryl/α,β-unsaturated/α-hetero) is 1. The zero-order valence-corrected chi connectivity index (χ0v) is 11.0. The zero-order valence-electron chi connectivity index (χ0n) is 11.0. The average molecular weight is 266 g/mol. The van der Waals surface area contributed by atoms with E-state index in [0.29, 0.717) is 11.4 Å². The molecule has 3 nitrogen and oxygen atoms in total. The van der Waals surface area contributed by atoms with Crippen molar-refractivity contribution in [2.24, 2.45) is 13.0 Å². The molecule has 0 amide bonds. The number of carbonyl (C=O) groups excluding carboxylic acids is 1. The first-order valence-corrected chi connectivity index (χ1v) is 6.23. The highest BCUT2D eigenvalue weighted by Crippen LogP contribution is 2.32. The maximum atomic E-state index is 13.0. The molecular formula is C14H16F2N2O. The van der Waals surface area contributed by atoms with Gasteiger partial charge in [0.05, 0.1) is 11.6 Å². The van der Waals surface area contributed by atoms with Gasteiger partial charge in [-0.3, -0.25) is 0 Å². The monoisotopic (exact) mass is 266 g/mol. The summed E-state index contributed by atoms with van der Waals surface area (Å²) in [5.74, 6) is -0.616. The summed E-state index contributed by atoms with van der Waals surface area (Å²) in [6.07, 6.45) is 5.94. The largest absolute Gasteiger partial charge is 0.335 e. The van der Waals surface area contributed by atoms with Crippen molar-refractivity contribution in [2.45, 2.75) is 26.2 Å². The van der Waals surface area contributed by atoms with Crippen LogP contribution in [-0.4, -0.2) is 15.3 Å². The highest BCUT2D eigenvalue weighted by molar-refractivity contribution is 5.76. The first-order valence-electron chi connectivity index (χ1n) is 6.23. The molecule has 0 aliphatic heterocycles. The van der Waals surface area contributed by atoms with E-state index in [1.54, 1.807) is 24.7 Å². The second-order valence-electron chi connectivity index (χ2n) is 4.93. The third kappa shape index (κ3) is 3.36. The first-order chi connectivity index (χ1) is 8.99. The summed E-state index contributed by atoms with van der Waals surface area (Å²) in [6.45, 7) is 1.66. The molecule has 0 radical (unpaired) electrons. The van der Waals surface area contributed by atoms with E-state index < -0.39 is 11.6 Å². The third-order valence-electron chi connectivity index (χ3n) is 3.06. The predicted octanol–water partition coefficient (Wildman–Crippen LogP) is 3.23. The minimum Gasteiger partial charge on any atom is -0.335 e. The van der Waals surface area contributed by atoms with Crippen LogP contribution in [0, 0.1) is 17.6 Å². The number of carbonyl (C=O) groups is 1. The Bertz CT molecular complexity index is 603. The van der Waals surface area contributed by atoms with Gasteiger partial charge in [-0.25, -0.2) is 13.8 Å². The molecule has 0 N–H and O–H groups in total. The molecule has 19 heavy (non-hydrogen) atoms. The Hall–Kier alpha value is -1.78. The fraction of sp³-hybridized carbons (Fsp3) is 0.429. The van der Waals surface area contributed by atoms with E-state index in [9.17, 15) is 13.6 Å². The Morgan fingerprint density at radius 2 is 2.16 bits per heavy atom. The summed E-state index contributed by atoms with van der Waals surface area (Å²) in [5, 5.41) is 0.220. The number of pyridine rings is 1. The maximum Gasteiger partial charge on any atom is 0.177 e. The van der Waals surface area contributed by atoms with E-state index in [1.165, 1.54) is 18.9 Å². The van der Waals surface area contributed by atoms with Gasteiger partial charge in [-0.05, 0) is 31.7 Å². The molecule has 1 fully saturated rings. The highest BCUT2D eigenvalue weighted by Gasteiger charge is 2.22. The summed E-state index contributed by atoms with van der Waals surface area (Å²) >= 11 is 0. The topological polar surface area (TPSA) is 34.9 Å². The van der Waals surface area contributed by atoms with Crippen LogP contribution in [0.5, 0.6) is 0 Å². The van der Waals surface area contributed by atoms with Gasteiger partial charge in [0.15, 0.2) is 11.6 Å². The lowest BCUT2D eigenvalue weighted by molar-refractivity contribution is -0.117. The summed E-state index contributed by atoms with van der Waals surface area (Å²) in [4.78, 5) is 14.0. The summed E-state index contributed by atoms with van der Waals surface area (Å²) < 4.78 is 27.2. The van der Waals surface area contributed by atoms with Crippen LogP contribution >= 0.6 is 0 Å². The standard InChI is InChI=1S/C8H6F2N2.C6H10O/c1-12-3-2-5-7(10)6(9)4-11-8(5)12;1-5(7)4-6-2-3-6/h2-4H,1H3;6H,2-4H2,1H3. The van der Waals surface area contributed by atoms with Crippen molar-refractivity contribution in [1.82, 2.24) is 9.55 Å². The Labute approximate surface area is 110 Å². The number of fused-ring (bicyclic) bond motifs is 1. The van der Waals surface area contributed by atoms with Crippen LogP contribution in [-0.2, 0) is 11.8 Å². The Kier molecular flexibility index (Phi) is 3.93. The molecule has 0 bridgehead atoms. The van der Waals surface area contributed by atoms with Gasteiger partial charge in [0, 0.05) is 19.7 Å². The van der Waals surface area contributed by atoms with E-state index in [2.05, 4.69) is 4.98 Å². The van der Waals surface area contributed by atoms with E-state index in [1.807, 2.05) is 0 Å². The summed E-state index contributed by atoms with van der Waals surface area (Å²) in [6, 6.07) is 1.50. The Balaban J connectivity index is 0.000000163.